The van der Waals surface area contributed by atoms with Crippen molar-refractivity contribution in [1.82, 2.24) is 5.32 Å². The number of carbonyl (C=O) groups excluding carboxylic acids is 2. The molecule has 1 aromatic heterocycles. The maximum absolute atomic E-state index is 12.2. The molecule has 1 atom stereocenters. The summed E-state index contributed by atoms with van der Waals surface area (Å²) < 4.78 is 5.20. The Morgan fingerprint density at radius 1 is 1.37 bits per heavy atom. The summed E-state index contributed by atoms with van der Waals surface area (Å²) in [6.45, 7) is 3.62. The van der Waals surface area contributed by atoms with Crippen LogP contribution >= 0.6 is 11.6 Å². The summed E-state index contributed by atoms with van der Waals surface area (Å²) in [5, 5.41) is 23.8. The van der Waals surface area contributed by atoms with Gasteiger partial charge in [-0.15, -0.1) is 0 Å². The number of amides is 1. The average Bonchev–Trinajstić information content (AvgIpc) is 2.60. The molecule has 7 nitrogen and oxygen atoms in total. The number of benzene rings is 1. The third kappa shape index (κ3) is 5.01. The molecule has 1 heterocycles. The first kappa shape index (κ1) is 20.8. The second kappa shape index (κ2) is 8.90. The second-order valence-electron chi connectivity index (χ2n) is 6.37. The lowest BCUT2D eigenvalue weighted by atomic mass is 10.0. The minimum atomic E-state index is -1.33. The van der Waals surface area contributed by atoms with Crippen LogP contribution in [0.3, 0.4) is 0 Å². The standard InChI is InChI=1S/C19H22ClNO6/c1-3-4-5-14(18(24)25)21-17(23)7-6-11-10(2)12-8-13(20)15(22)9-16(12)27-19(11)26/h8-9,14,22H,3-7H2,1-2H3,(H,21,23)(H,24,25)/p-1/t14-/m1/s1. The van der Waals surface area contributed by atoms with Crippen molar-refractivity contribution in [3.05, 3.63) is 38.7 Å². The molecule has 0 aliphatic heterocycles. The summed E-state index contributed by atoms with van der Waals surface area (Å²) in [7, 11) is 0. The number of fused-ring (bicyclic) bond motifs is 1. The lowest BCUT2D eigenvalue weighted by molar-refractivity contribution is -0.308. The van der Waals surface area contributed by atoms with Crippen molar-refractivity contribution in [1.29, 1.82) is 0 Å². The van der Waals surface area contributed by atoms with Crippen LogP contribution in [0.1, 0.15) is 43.7 Å². The fourth-order valence-corrected chi connectivity index (χ4v) is 3.01. The molecule has 0 aliphatic rings. The van der Waals surface area contributed by atoms with Crippen LogP contribution in [0.25, 0.3) is 11.0 Å². The minimum absolute atomic E-state index is 0.0706. The highest BCUT2D eigenvalue weighted by Crippen LogP contribution is 2.30. The molecule has 27 heavy (non-hydrogen) atoms. The summed E-state index contributed by atoms with van der Waals surface area (Å²) in [6.07, 6.45) is 1.76. The van der Waals surface area contributed by atoms with Crippen LogP contribution < -0.4 is 16.0 Å². The third-order valence-corrected chi connectivity index (χ3v) is 4.73. The van der Waals surface area contributed by atoms with E-state index in [4.69, 9.17) is 16.0 Å². The topological polar surface area (TPSA) is 120 Å². The van der Waals surface area contributed by atoms with Gasteiger partial charge >= 0.3 is 5.63 Å². The number of hydrogen-bond acceptors (Lipinski definition) is 6. The van der Waals surface area contributed by atoms with Crippen LogP contribution in [0, 0.1) is 6.92 Å². The molecule has 1 aromatic carbocycles. The second-order valence-corrected chi connectivity index (χ2v) is 6.78. The van der Waals surface area contributed by atoms with E-state index in [1.54, 1.807) is 6.92 Å². The highest BCUT2D eigenvalue weighted by Gasteiger charge is 2.17. The van der Waals surface area contributed by atoms with Gasteiger partial charge in [0.05, 0.1) is 17.0 Å². The number of carbonyl (C=O) groups is 2. The fourth-order valence-electron chi connectivity index (χ4n) is 2.85. The van der Waals surface area contributed by atoms with Gasteiger partial charge < -0.3 is 24.7 Å². The number of carboxylic acid groups (broad SMARTS) is 1. The third-order valence-electron chi connectivity index (χ3n) is 4.42. The van der Waals surface area contributed by atoms with Crippen LogP contribution in [-0.4, -0.2) is 23.0 Å². The van der Waals surface area contributed by atoms with E-state index >= 15 is 0 Å². The number of aryl methyl sites for hydroxylation is 1. The zero-order valence-electron chi connectivity index (χ0n) is 15.1. The van der Waals surface area contributed by atoms with Crippen LogP contribution in [0.4, 0.5) is 0 Å². The summed E-state index contributed by atoms with van der Waals surface area (Å²) in [5.41, 5.74) is 0.484. The summed E-state index contributed by atoms with van der Waals surface area (Å²) in [4.78, 5) is 35.4. The van der Waals surface area contributed by atoms with Gasteiger partial charge in [0.25, 0.3) is 0 Å². The zero-order valence-corrected chi connectivity index (χ0v) is 15.9. The number of aliphatic carboxylic acids is 1. The number of phenolic OH excluding ortho intramolecular Hbond substituents is 1. The van der Waals surface area contributed by atoms with Crippen molar-refractivity contribution >= 4 is 34.4 Å². The van der Waals surface area contributed by atoms with Gasteiger partial charge in [-0.1, -0.05) is 31.4 Å². The van der Waals surface area contributed by atoms with Crippen molar-refractivity contribution in [2.45, 2.75) is 52.0 Å². The molecule has 0 saturated carbocycles. The van der Waals surface area contributed by atoms with Gasteiger partial charge in [-0.2, -0.15) is 0 Å². The van der Waals surface area contributed by atoms with Gasteiger partial charge in [0.1, 0.15) is 11.3 Å². The molecule has 8 heteroatoms. The van der Waals surface area contributed by atoms with E-state index in [1.807, 2.05) is 6.92 Å². The van der Waals surface area contributed by atoms with E-state index < -0.39 is 23.5 Å². The van der Waals surface area contributed by atoms with Gasteiger partial charge in [0.15, 0.2) is 0 Å². The van der Waals surface area contributed by atoms with Gasteiger partial charge in [0.2, 0.25) is 5.91 Å². The molecule has 2 rings (SSSR count). The number of hydrogen-bond donors (Lipinski definition) is 2. The Morgan fingerprint density at radius 2 is 2.07 bits per heavy atom. The first-order valence-corrected chi connectivity index (χ1v) is 9.07. The molecule has 0 radical (unpaired) electrons. The monoisotopic (exact) mass is 394 g/mol. The van der Waals surface area contributed by atoms with E-state index in [9.17, 15) is 24.6 Å². The number of phenols is 1. The molecule has 0 fully saturated rings. The predicted octanol–water partition coefficient (Wildman–Crippen LogP) is 1.82. The highest BCUT2D eigenvalue weighted by molar-refractivity contribution is 6.32. The molecule has 146 valence electrons. The lowest BCUT2D eigenvalue weighted by Gasteiger charge is -2.19. The van der Waals surface area contributed by atoms with E-state index in [2.05, 4.69) is 5.32 Å². The van der Waals surface area contributed by atoms with Crippen molar-refractivity contribution in [3.63, 3.8) is 0 Å². The van der Waals surface area contributed by atoms with E-state index in [0.717, 1.165) is 6.42 Å². The van der Waals surface area contributed by atoms with Gasteiger partial charge in [0, 0.05) is 23.4 Å². The van der Waals surface area contributed by atoms with E-state index in [1.165, 1.54) is 12.1 Å². The first-order chi connectivity index (χ1) is 12.7. The van der Waals surface area contributed by atoms with Crippen molar-refractivity contribution < 1.29 is 24.2 Å². The van der Waals surface area contributed by atoms with Crippen molar-refractivity contribution in [3.8, 4) is 5.75 Å². The summed E-state index contributed by atoms with van der Waals surface area (Å²) >= 11 is 5.91. The molecular formula is C19H21ClNO6-. The molecule has 1 amide bonds. The summed E-state index contributed by atoms with van der Waals surface area (Å²) in [6, 6.07) is 1.71. The molecule has 0 aliphatic carbocycles. The normalized spacial score (nSPS) is 12.1. The van der Waals surface area contributed by atoms with Crippen molar-refractivity contribution in [2.24, 2.45) is 0 Å². The Labute approximate surface area is 160 Å². The smallest absolute Gasteiger partial charge is 0.339 e. The number of carboxylic acids is 1. The average molecular weight is 395 g/mol. The fraction of sp³-hybridized carbons (Fsp3) is 0.421. The van der Waals surface area contributed by atoms with E-state index in [0.29, 0.717) is 29.4 Å². The van der Waals surface area contributed by atoms with Gasteiger partial charge in [-0.25, -0.2) is 4.79 Å². The quantitative estimate of drug-likeness (QED) is 0.659. The molecule has 0 unspecified atom stereocenters. The number of nitrogens with one attached hydrogen (secondary N) is 1. The Morgan fingerprint density at radius 3 is 2.70 bits per heavy atom. The maximum Gasteiger partial charge on any atom is 0.339 e. The largest absolute Gasteiger partial charge is 0.548 e. The number of halogens is 1. The highest BCUT2D eigenvalue weighted by atomic mass is 35.5. The molecule has 0 bridgehead atoms. The SMILES string of the molecule is CCCC[C@@H](NC(=O)CCc1c(C)c2cc(Cl)c(O)cc2oc1=O)C(=O)[O-]. The minimum Gasteiger partial charge on any atom is -0.548 e. The first-order valence-electron chi connectivity index (χ1n) is 8.69. The van der Waals surface area contributed by atoms with Crippen molar-refractivity contribution in [2.75, 3.05) is 0 Å². The Kier molecular flexibility index (Phi) is 6.85. The van der Waals surface area contributed by atoms with Gasteiger partial charge in [-0.3, -0.25) is 4.79 Å². The van der Waals surface area contributed by atoms with E-state index in [-0.39, 0.29) is 29.2 Å². The van der Waals surface area contributed by atoms with Crippen LogP contribution in [0.5, 0.6) is 5.75 Å². The Balaban J connectivity index is 2.16. The Hall–Kier alpha value is -2.54. The zero-order chi connectivity index (χ0) is 20.1. The number of unbranched alkanes of at least 4 members (excludes halogenated alkanes) is 1. The number of aromatic hydroxyl groups is 1. The predicted molar refractivity (Wildman–Crippen MR) is 98.7 cm³/mol. The molecule has 2 N–H and O–H groups in total. The molecule has 2 aromatic rings. The van der Waals surface area contributed by atoms with Crippen LogP contribution in [0.2, 0.25) is 5.02 Å². The molecular weight excluding hydrogens is 374 g/mol. The summed E-state index contributed by atoms with van der Waals surface area (Å²) in [5.74, 6) is -2.00. The lowest BCUT2D eigenvalue weighted by Crippen LogP contribution is -2.47. The number of rotatable bonds is 8. The van der Waals surface area contributed by atoms with Crippen LogP contribution in [0.15, 0.2) is 21.3 Å². The van der Waals surface area contributed by atoms with Crippen LogP contribution in [-0.2, 0) is 16.0 Å². The maximum atomic E-state index is 12.2. The molecule has 0 saturated heterocycles. The Bertz CT molecular complexity index is 921. The molecule has 0 spiro atoms. The van der Waals surface area contributed by atoms with Gasteiger partial charge in [-0.05, 0) is 31.4 Å².